The number of anilines is 1. The summed E-state index contributed by atoms with van der Waals surface area (Å²) in [6, 6.07) is 13.5. The fourth-order valence-electron chi connectivity index (χ4n) is 2.92. The molecule has 0 bridgehead atoms. The van der Waals surface area contributed by atoms with Crippen LogP contribution in [0.3, 0.4) is 0 Å². The second kappa shape index (κ2) is 8.49. The number of nitrogens with one attached hydrogen (secondary N) is 1. The second-order valence-corrected chi connectivity index (χ2v) is 6.33. The Kier molecular flexibility index (Phi) is 5.86. The number of carbonyl (C=O) groups excluding carboxylic acids is 1. The van der Waals surface area contributed by atoms with Gasteiger partial charge in [-0.25, -0.2) is 9.67 Å². The molecular formula is C21H24N4O2. The van der Waals surface area contributed by atoms with Crippen molar-refractivity contribution >= 4 is 11.6 Å². The number of hydrogen-bond donors (Lipinski definition) is 1. The minimum Gasteiger partial charge on any atom is -0.494 e. The Morgan fingerprint density at radius 3 is 2.67 bits per heavy atom. The summed E-state index contributed by atoms with van der Waals surface area (Å²) in [6.45, 7) is 6.49. The van der Waals surface area contributed by atoms with Crippen LogP contribution in [-0.2, 0) is 11.2 Å². The van der Waals surface area contributed by atoms with Gasteiger partial charge in [-0.1, -0.05) is 18.2 Å². The van der Waals surface area contributed by atoms with Crippen LogP contribution in [0.4, 0.5) is 5.69 Å². The molecule has 0 fully saturated rings. The fraction of sp³-hybridized carbons (Fsp3) is 0.286. The first kappa shape index (κ1) is 18.6. The summed E-state index contributed by atoms with van der Waals surface area (Å²) in [5.74, 6) is 1.51. The summed E-state index contributed by atoms with van der Waals surface area (Å²) < 4.78 is 7.39. The molecule has 1 aromatic carbocycles. The first-order valence-electron chi connectivity index (χ1n) is 9.07. The highest BCUT2D eigenvalue weighted by Crippen LogP contribution is 2.20. The highest BCUT2D eigenvalue weighted by molar-refractivity contribution is 5.90. The molecule has 0 unspecified atom stereocenters. The van der Waals surface area contributed by atoms with Crippen molar-refractivity contribution in [1.82, 2.24) is 14.8 Å². The number of aromatic nitrogens is 3. The molecule has 0 saturated carbocycles. The van der Waals surface area contributed by atoms with Gasteiger partial charge in [-0.05, 0) is 57.0 Å². The van der Waals surface area contributed by atoms with Crippen LogP contribution in [0.25, 0.3) is 5.82 Å². The summed E-state index contributed by atoms with van der Waals surface area (Å²) >= 11 is 0. The largest absolute Gasteiger partial charge is 0.494 e. The third-order valence-corrected chi connectivity index (χ3v) is 4.15. The molecule has 27 heavy (non-hydrogen) atoms. The van der Waals surface area contributed by atoms with E-state index in [0.717, 1.165) is 28.5 Å². The summed E-state index contributed by atoms with van der Waals surface area (Å²) in [6.07, 6.45) is 2.65. The molecule has 2 aromatic heterocycles. The van der Waals surface area contributed by atoms with Gasteiger partial charge in [0.05, 0.1) is 24.2 Å². The Morgan fingerprint density at radius 2 is 2.00 bits per heavy atom. The number of rotatable bonds is 7. The van der Waals surface area contributed by atoms with Gasteiger partial charge in [0.2, 0.25) is 5.91 Å². The van der Waals surface area contributed by atoms with E-state index in [-0.39, 0.29) is 5.91 Å². The van der Waals surface area contributed by atoms with E-state index >= 15 is 0 Å². The van der Waals surface area contributed by atoms with Crippen LogP contribution in [0.15, 0.2) is 48.7 Å². The maximum absolute atomic E-state index is 12.3. The van der Waals surface area contributed by atoms with Gasteiger partial charge in [0, 0.05) is 12.1 Å². The molecular weight excluding hydrogens is 340 g/mol. The van der Waals surface area contributed by atoms with E-state index in [1.807, 2.05) is 63.2 Å². The zero-order chi connectivity index (χ0) is 19.2. The van der Waals surface area contributed by atoms with Gasteiger partial charge in [-0.15, -0.1) is 0 Å². The summed E-state index contributed by atoms with van der Waals surface area (Å²) in [5.41, 5.74) is 3.67. The average Bonchev–Trinajstić information content (AvgIpc) is 3.00. The van der Waals surface area contributed by atoms with Crippen LogP contribution in [0, 0.1) is 13.8 Å². The molecule has 0 aliphatic rings. The molecule has 0 radical (unpaired) electrons. The normalized spacial score (nSPS) is 10.6. The van der Waals surface area contributed by atoms with E-state index in [0.29, 0.717) is 25.1 Å². The van der Waals surface area contributed by atoms with E-state index < -0.39 is 0 Å². The number of aryl methyl sites for hydroxylation is 3. The third kappa shape index (κ3) is 4.73. The number of para-hydroxylation sites is 1. The van der Waals surface area contributed by atoms with E-state index in [9.17, 15) is 4.79 Å². The zero-order valence-corrected chi connectivity index (χ0v) is 15.9. The van der Waals surface area contributed by atoms with Crippen LogP contribution >= 0.6 is 0 Å². The number of hydrogen-bond acceptors (Lipinski definition) is 4. The molecule has 1 amide bonds. The van der Waals surface area contributed by atoms with Gasteiger partial charge in [0.15, 0.2) is 5.82 Å². The van der Waals surface area contributed by atoms with Crippen molar-refractivity contribution in [3.05, 3.63) is 65.6 Å². The highest BCUT2D eigenvalue weighted by atomic mass is 16.5. The lowest BCUT2D eigenvalue weighted by atomic mass is 10.1. The molecule has 1 N–H and O–H groups in total. The maximum atomic E-state index is 12.3. The molecule has 0 aliphatic heterocycles. The van der Waals surface area contributed by atoms with Gasteiger partial charge >= 0.3 is 0 Å². The van der Waals surface area contributed by atoms with Crippen LogP contribution in [0.5, 0.6) is 5.75 Å². The summed E-state index contributed by atoms with van der Waals surface area (Å²) in [5, 5.41) is 7.30. The number of nitrogens with zero attached hydrogens (tertiary/aromatic N) is 3. The SMILES string of the molecule is CCOc1ccccc1CCC(=O)Nc1ccc(-n2nc(C)cc2C)nc1. The van der Waals surface area contributed by atoms with Gasteiger partial charge < -0.3 is 10.1 Å². The Labute approximate surface area is 159 Å². The van der Waals surface area contributed by atoms with Crippen molar-refractivity contribution in [3.63, 3.8) is 0 Å². The van der Waals surface area contributed by atoms with Crippen molar-refractivity contribution in [2.75, 3.05) is 11.9 Å². The Balaban J connectivity index is 1.59. The molecule has 2 heterocycles. The lowest BCUT2D eigenvalue weighted by molar-refractivity contribution is -0.116. The van der Waals surface area contributed by atoms with Gasteiger partial charge in [-0.3, -0.25) is 4.79 Å². The van der Waals surface area contributed by atoms with E-state index in [4.69, 9.17) is 4.74 Å². The first-order chi connectivity index (χ1) is 13.1. The predicted molar refractivity (Wildman–Crippen MR) is 105 cm³/mol. The van der Waals surface area contributed by atoms with E-state index in [1.165, 1.54) is 0 Å². The van der Waals surface area contributed by atoms with Gasteiger partial charge in [-0.2, -0.15) is 5.10 Å². The third-order valence-electron chi connectivity index (χ3n) is 4.15. The maximum Gasteiger partial charge on any atom is 0.224 e. The van der Waals surface area contributed by atoms with Crippen molar-refractivity contribution < 1.29 is 9.53 Å². The average molecular weight is 364 g/mol. The minimum atomic E-state index is -0.0537. The standard InChI is InChI=1S/C21H24N4O2/c1-4-27-19-8-6-5-7-17(19)9-12-21(26)23-18-10-11-20(22-14-18)25-16(3)13-15(2)24-25/h5-8,10-11,13-14H,4,9,12H2,1-3H3,(H,23,26). The van der Waals surface area contributed by atoms with Crippen LogP contribution in [-0.4, -0.2) is 27.3 Å². The van der Waals surface area contributed by atoms with Crippen LogP contribution in [0.1, 0.15) is 30.3 Å². The number of ether oxygens (including phenoxy) is 1. The topological polar surface area (TPSA) is 69.0 Å². The molecule has 0 spiro atoms. The summed E-state index contributed by atoms with van der Waals surface area (Å²) in [7, 11) is 0. The lowest BCUT2D eigenvalue weighted by Crippen LogP contribution is -2.13. The predicted octanol–water partition coefficient (Wildman–Crippen LogP) is 3.85. The highest BCUT2D eigenvalue weighted by Gasteiger charge is 2.09. The molecule has 0 atom stereocenters. The smallest absolute Gasteiger partial charge is 0.224 e. The van der Waals surface area contributed by atoms with E-state index in [2.05, 4.69) is 15.4 Å². The number of amides is 1. The summed E-state index contributed by atoms with van der Waals surface area (Å²) in [4.78, 5) is 16.7. The molecule has 0 saturated heterocycles. The monoisotopic (exact) mass is 364 g/mol. The molecule has 6 heteroatoms. The number of benzene rings is 1. The first-order valence-corrected chi connectivity index (χ1v) is 9.07. The quantitative estimate of drug-likeness (QED) is 0.691. The molecule has 0 aliphatic carbocycles. The Hall–Kier alpha value is -3.15. The molecule has 3 aromatic rings. The zero-order valence-electron chi connectivity index (χ0n) is 15.9. The Bertz CT molecular complexity index is 916. The van der Waals surface area contributed by atoms with E-state index in [1.54, 1.807) is 10.9 Å². The van der Waals surface area contributed by atoms with Gasteiger partial charge in [0.25, 0.3) is 0 Å². The number of carbonyl (C=O) groups is 1. The fourth-order valence-corrected chi connectivity index (χ4v) is 2.92. The van der Waals surface area contributed by atoms with Crippen molar-refractivity contribution in [2.24, 2.45) is 0 Å². The van der Waals surface area contributed by atoms with Crippen molar-refractivity contribution in [2.45, 2.75) is 33.6 Å². The molecule has 3 rings (SSSR count). The van der Waals surface area contributed by atoms with Crippen LogP contribution in [0.2, 0.25) is 0 Å². The molecule has 6 nitrogen and oxygen atoms in total. The van der Waals surface area contributed by atoms with Gasteiger partial charge in [0.1, 0.15) is 5.75 Å². The Morgan fingerprint density at radius 1 is 1.19 bits per heavy atom. The second-order valence-electron chi connectivity index (χ2n) is 6.33. The van der Waals surface area contributed by atoms with Crippen LogP contribution < -0.4 is 10.1 Å². The van der Waals surface area contributed by atoms with Crippen molar-refractivity contribution in [1.29, 1.82) is 0 Å². The van der Waals surface area contributed by atoms with Crippen molar-refractivity contribution in [3.8, 4) is 11.6 Å². The molecule has 140 valence electrons. The number of pyridine rings is 1. The lowest BCUT2D eigenvalue weighted by Gasteiger charge is -2.10. The minimum absolute atomic E-state index is 0.0537.